The number of carboxylic acids is 1. The number of aromatic nitrogens is 2. The summed E-state index contributed by atoms with van der Waals surface area (Å²) in [7, 11) is 0. The van der Waals surface area contributed by atoms with Crippen molar-refractivity contribution in [1.82, 2.24) is 9.55 Å². The summed E-state index contributed by atoms with van der Waals surface area (Å²) in [6.07, 6.45) is 5.28. The molecule has 1 amide bonds. The summed E-state index contributed by atoms with van der Waals surface area (Å²) in [5.41, 5.74) is 1.14. The zero-order valence-electron chi connectivity index (χ0n) is 10.9. The zero-order valence-corrected chi connectivity index (χ0v) is 11.6. The average molecular weight is 306 g/mol. The first-order valence-corrected chi connectivity index (χ1v) is 6.76. The summed E-state index contributed by atoms with van der Waals surface area (Å²) >= 11 is 6.18. The molecule has 0 spiro atoms. The van der Waals surface area contributed by atoms with Gasteiger partial charge in [-0.15, -0.1) is 0 Å². The number of nitrogens with one attached hydrogen (secondary N) is 1. The topological polar surface area (TPSA) is 84.2 Å². The second-order valence-electron chi connectivity index (χ2n) is 4.88. The van der Waals surface area contributed by atoms with Crippen LogP contribution in [0, 0.1) is 11.8 Å². The van der Waals surface area contributed by atoms with Crippen LogP contribution in [-0.4, -0.2) is 26.5 Å². The van der Waals surface area contributed by atoms with Crippen LogP contribution in [0.25, 0.3) is 5.69 Å². The summed E-state index contributed by atoms with van der Waals surface area (Å²) in [5.74, 6) is -2.29. The van der Waals surface area contributed by atoms with Gasteiger partial charge in [0.2, 0.25) is 5.91 Å². The maximum atomic E-state index is 12.1. The SMILES string of the molecule is O=C(O)C1CC1C(=O)Nc1cccc(Cl)c1-n1ccnc1. The molecule has 1 aromatic heterocycles. The van der Waals surface area contributed by atoms with Crippen LogP contribution in [0.15, 0.2) is 36.9 Å². The number of nitrogens with zero attached hydrogens (tertiary/aromatic N) is 2. The zero-order chi connectivity index (χ0) is 15.0. The van der Waals surface area contributed by atoms with Crippen molar-refractivity contribution in [1.29, 1.82) is 0 Å². The van der Waals surface area contributed by atoms with E-state index in [1.807, 2.05) is 0 Å². The minimum Gasteiger partial charge on any atom is -0.481 e. The Balaban J connectivity index is 1.85. The highest BCUT2D eigenvalue weighted by Gasteiger charge is 2.48. The molecular weight excluding hydrogens is 294 g/mol. The number of rotatable bonds is 4. The van der Waals surface area contributed by atoms with Crippen LogP contribution in [0.1, 0.15) is 6.42 Å². The summed E-state index contributed by atoms with van der Waals surface area (Å²) in [4.78, 5) is 26.9. The lowest BCUT2D eigenvalue weighted by Crippen LogP contribution is -2.18. The highest BCUT2D eigenvalue weighted by Crippen LogP contribution is 2.40. The van der Waals surface area contributed by atoms with E-state index >= 15 is 0 Å². The van der Waals surface area contributed by atoms with Gasteiger partial charge in [0.25, 0.3) is 0 Å². The third kappa shape index (κ3) is 2.62. The van der Waals surface area contributed by atoms with Gasteiger partial charge in [-0.3, -0.25) is 9.59 Å². The van der Waals surface area contributed by atoms with Gasteiger partial charge in [0.15, 0.2) is 0 Å². The summed E-state index contributed by atoms with van der Waals surface area (Å²) in [6, 6.07) is 5.15. The molecule has 2 unspecified atom stereocenters. The number of aliphatic carboxylic acids is 1. The molecule has 108 valence electrons. The van der Waals surface area contributed by atoms with Gasteiger partial charge < -0.3 is 15.0 Å². The quantitative estimate of drug-likeness (QED) is 0.907. The van der Waals surface area contributed by atoms with Gasteiger partial charge in [0.1, 0.15) is 0 Å². The number of hydrogen-bond donors (Lipinski definition) is 2. The van der Waals surface area contributed by atoms with Gasteiger partial charge in [0.05, 0.1) is 34.6 Å². The number of carboxylic acid groups (broad SMARTS) is 1. The number of hydrogen-bond acceptors (Lipinski definition) is 3. The second kappa shape index (κ2) is 5.21. The Labute approximate surface area is 125 Å². The highest BCUT2D eigenvalue weighted by atomic mass is 35.5. The number of amides is 1. The van der Waals surface area contributed by atoms with E-state index in [-0.39, 0.29) is 5.91 Å². The minimum absolute atomic E-state index is 0.300. The third-order valence-corrected chi connectivity index (χ3v) is 3.76. The van der Waals surface area contributed by atoms with Crippen LogP contribution in [0.2, 0.25) is 5.02 Å². The predicted octanol–water partition coefficient (Wildman–Crippen LogP) is 2.18. The first-order valence-electron chi connectivity index (χ1n) is 6.38. The highest BCUT2D eigenvalue weighted by molar-refractivity contribution is 6.33. The monoisotopic (exact) mass is 305 g/mol. The number of imidazole rings is 1. The van der Waals surface area contributed by atoms with E-state index in [9.17, 15) is 9.59 Å². The molecule has 1 fully saturated rings. The fourth-order valence-corrected chi connectivity index (χ4v) is 2.53. The summed E-state index contributed by atoms with van der Waals surface area (Å²) in [6.45, 7) is 0. The van der Waals surface area contributed by atoms with E-state index in [0.717, 1.165) is 0 Å². The molecule has 0 saturated heterocycles. The van der Waals surface area contributed by atoms with Crippen molar-refractivity contribution >= 4 is 29.2 Å². The number of anilines is 1. The Morgan fingerprint density at radius 1 is 1.38 bits per heavy atom. The van der Waals surface area contributed by atoms with E-state index < -0.39 is 17.8 Å². The Kier molecular flexibility index (Phi) is 3.39. The van der Waals surface area contributed by atoms with Crippen molar-refractivity contribution < 1.29 is 14.7 Å². The maximum Gasteiger partial charge on any atom is 0.307 e. The van der Waals surface area contributed by atoms with Crippen molar-refractivity contribution in [2.45, 2.75) is 6.42 Å². The van der Waals surface area contributed by atoms with Crippen molar-refractivity contribution in [3.05, 3.63) is 41.9 Å². The smallest absolute Gasteiger partial charge is 0.307 e. The molecule has 1 heterocycles. The van der Waals surface area contributed by atoms with Gasteiger partial charge >= 0.3 is 5.97 Å². The molecule has 2 N–H and O–H groups in total. The number of halogens is 1. The molecule has 1 aliphatic rings. The minimum atomic E-state index is -0.934. The fourth-order valence-electron chi connectivity index (χ4n) is 2.25. The molecule has 0 bridgehead atoms. The molecule has 6 nitrogen and oxygen atoms in total. The molecule has 3 rings (SSSR count). The van der Waals surface area contributed by atoms with Crippen LogP contribution >= 0.6 is 11.6 Å². The van der Waals surface area contributed by atoms with E-state index in [1.165, 1.54) is 0 Å². The maximum absolute atomic E-state index is 12.1. The van der Waals surface area contributed by atoms with E-state index in [2.05, 4.69) is 10.3 Å². The molecule has 2 aromatic rings. The van der Waals surface area contributed by atoms with Gasteiger partial charge in [-0.05, 0) is 18.6 Å². The summed E-state index contributed by atoms with van der Waals surface area (Å²) in [5, 5.41) is 12.1. The molecule has 21 heavy (non-hydrogen) atoms. The van der Waals surface area contributed by atoms with E-state index in [0.29, 0.717) is 22.8 Å². The number of benzene rings is 1. The van der Waals surface area contributed by atoms with Crippen LogP contribution in [0.4, 0.5) is 5.69 Å². The molecular formula is C14H12ClN3O3. The molecule has 2 atom stereocenters. The lowest BCUT2D eigenvalue weighted by molar-refractivity contribution is -0.139. The van der Waals surface area contributed by atoms with Gasteiger partial charge in [-0.25, -0.2) is 4.98 Å². The lowest BCUT2D eigenvalue weighted by atomic mass is 10.2. The molecule has 1 saturated carbocycles. The summed E-state index contributed by atoms with van der Waals surface area (Å²) < 4.78 is 1.69. The van der Waals surface area contributed by atoms with Crippen molar-refractivity contribution in [2.75, 3.05) is 5.32 Å². The van der Waals surface area contributed by atoms with Crippen molar-refractivity contribution in [3.8, 4) is 5.69 Å². The molecule has 1 aromatic carbocycles. The van der Waals surface area contributed by atoms with E-state index in [4.69, 9.17) is 16.7 Å². The largest absolute Gasteiger partial charge is 0.481 e. The number of carbonyl (C=O) groups excluding carboxylic acids is 1. The molecule has 1 aliphatic carbocycles. The fraction of sp³-hybridized carbons (Fsp3) is 0.214. The Morgan fingerprint density at radius 2 is 2.19 bits per heavy atom. The molecule has 7 heteroatoms. The van der Waals surface area contributed by atoms with Crippen molar-refractivity contribution in [2.24, 2.45) is 11.8 Å². The Morgan fingerprint density at radius 3 is 2.81 bits per heavy atom. The first-order chi connectivity index (χ1) is 10.1. The van der Waals surface area contributed by atoms with Crippen LogP contribution in [-0.2, 0) is 9.59 Å². The average Bonchev–Trinajstić information content (AvgIpc) is 3.08. The third-order valence-electron chi connectivity index (χ3n) is 3.45. The predicted molar refractivity (Wildman–Crippen MR) is 76.4 cm³/mol. The normalized spacial score (nSPS) is 20.0. The van der Waals surface area contributed by atoms with Gasteiger partial charge in [-0.2, -0.15) is 0 Å². The lowest BCUT2D eigenvalue weighted by Gasteiger charge is -2.13. The Hall–Kier alpha value is -2.34. The Bertz CT molecular complexity index is 699. The molecule has 0 radical (unpaired) electrons. The van der Waals surface area contributed by atoms with Gasteiger partial charge in [0, 0.05) is 12.4 Å². The first kappa shape index (κ1) is 13.6. The van der Waals surface area contributed by atoms with Crippen LogP contribution in [0.3, 0.4) is 0 Å². The molecule has 0 aliphatic heterocycles. The standard InChI is InChI=1S/C14H12ClN3O3/c15-10-2-1-3-11(12(10)18-5-4-16-7-18)17-13(19)8-6-9(8)14(20)21/h1-5,7-9H,6H2,(H,17,19)(H,20,21). The van der Waals surface area contributed by atoms with Crippen LogP contribution in [0.5, 0.6) is 0 Å². The van der Waals surface area contributed by atoms with Gasteiger partial charge in [-0.1, -0.05) is 17.7 Å². The van der Waals surface area contributed by atoms with E-state index in [1.54, 1.807) is 41.5 Å². The second-order valence-corrected chi connectivity index (χ2v) is 5.29. The number of para-hydroxylation sites is 1. The number of carbonyl (C=O) groups is 2. The van der Waals surface area contributed by atoms with Crippen molar-refractivity contribution in [3.63, 3.8) is 0 Å². The van der Waals surface area contributed by atoms with Crippen LogP contribution < -0.4 is 5.32 Å².